The average molecular weight is 505 g/mol. The highest BCUT2D eigenvalue weighted by Gasteiger charge is 2.47. The van der Waals surface area contributed by atoms with Crippen LogP contribution >= 0.6 is 0 Å². The molecule has 0 aromatic heterocycles. The van der Waals surface area contributed by atoms with E-state index in [1.807, 2.05) is 60.7 Å². The standard InChI is InChI=1S/C29H36N2O4Si/c1-28(2,3)36(4,5)35-19-18-31-25-20-21(26(32)33)16-17-24(25)30-27(31)29(34,22-12-8-6-9-13-22)23-14-10-7-11-15-23/h6-17,20,27,30,34H,18-19H2,1-5H3,(H,32,33). The van der Waals surface area contributed by atoms with Crippen molar-refractivity contribution >= 4 is 25.7 Å². The van der Waals surface area contributed by atoms with Crippen LogP contribution in [0.15, 0.2) is 78.9 Å². The average Bonchev–Trinajstić information content (AvgIpc) is 3.22. The number of nitrogens with one attached hydrogen (secondary N) is 1. The number of aliphatic hydroxyl groups is 1. The number of carboxylic acids is 1. The number of anilines is 2. The zero-order valence-electron chi connectivity index (χ0n) is 21.7. The Morgan fingerprint density at radius 2 is 1.53 bits per heavy atom. The molecule has 36 heavy (non-hydrogen) atoms. The number of aromatic carboxylic acids is 1. The highest BCUT2D eigenvalue weighted by Crippen LogP contribution is 2.45. The summed E-state index contributed by atoms with van der Waals surface area (Å²) in [4.78, 5) is 13.8. The molecule has 0 bridgehead atoms. The van der Waals surface area contributed by atoms with Crippen molar-refractivity contribution in [2.75, 3.05) is 23.4 Å². The minimum absolute atomic E-state index is 0.0683. The van der Waals surface area contributed by atoms with E-state index in [1.165, 1.54) is 0 Å². The van der Waals surface area contributed by atoms with Gasteiger partial charge in [-0.2, -0.15) is 0 Å². The number of rotatable bonds is 8. The van der Waals surface area contributed by atoms with E-state index in [0.717, 1.165) is 22.5 Å². The summed E-state index contributed by atoms with van der Waals surface area (Å²) in [6, 6.07) is 24.2. The van der Waals surface area contributed by atoms with Crippen LogP contribution in [-0.2, 0) is 10.0 Å². The van der Waals surface area contributed by atoms with E-state index in [-0.39, 0.29) is 10.6 Å². The molecule has 1 aliphatic rings. The minimum atomic E-state index is -2.00. The van der Waals surface area contributed by atoms with E-state index in [2.05, 4.69) is 44.1 Å². The first-order chi connectivity index (χ1) is 16.9. The lowest BCUT2D eigenvalue weighted by Gasteiger charge is -2.42. The van der Waals surface area contributed by atoms with E-state index < -0.39 is 26.1 Å². The third-order valence-corrected chi connectivity index (χ3v) is 12.1. The van der Waals surface area contributed by atoms with Gasteiger partial charge >= 0.3 is 5.97 Å². The van der Waals surface area contributed by atoms with Crippen LogP contribution in [0.2, 0.25) is 18.1 Å². The summed E-state index contributed by atoms with van der Waals surface area (Å²) in [6.07, 6.45) is -0.579. The van der Waals surface area contributed by atoms with Crippen molar-refractivity contribution in [2.45, 2.75) is 50.7 Å². The van der Waals surface area contributed by atoms with Crippen LogP contribution in [0, 0.1) is 0 Å². The van der Waals surface area contributed by atoms with Gasteiger partial charge in [0.15, 0.2) is 13.9 Å². The summed E-state index contributed by atoms with van der Waals surface area (Å²) < 4.78 is 6.49. The van der Waals surface area contributed by atoms with Gasteiger partial charge in [0, 0.05) is 6.54 Å². The predicted octanol–water partition coefficient (Wildman–Crippen LogP) is 5.90. The van der Waals surface area contributed by atoms with Gasteiger partial charge in [-0.3, -0.25) is 0 Å². The molecule has 6 nitrogen and oxygen atoms in total. The number of hydrogen-bond donors (Lipinski definition) is 3. The molecule has 0 fully saturated rings. The lowest BCUT2D eigenvalue weighted by atomic mass is 9.83. The van der Waals surface area contributed by atoms with Crippen molar-refractivity contribution in [3.05, 3.63) is 95.6 Å². The summed E-state index contributed by atoms with van der Waals surface area (Å²) in [6.45, 7) is 12.0. The van der Waals surface area contributed by atoms with Crippen LogP contribution in [0.1, 0.15) is 42.3 Å². The third-order valence-electron chi connectivity index (χ3n) is 7.58. The lowest BCUT2D eigenvalue weighted by Crippen LogP contribution is -2.54. The van der Waals surface area contributed by atoms with Crippen molar-refractivity contribution in [3.8, 4) is 0 Å². The molecule has 0 spiro atoms. The topological polar surface area (TPSA) is 82.0 Å². The van der Waals surface area contributed by atoms with Gasteiger partial charge in [0.2, 0.25) is 0 Å². The van der Waals surface area contributed by atoms with E-state index in [1.54, 1.807) is 18.2 Å². The van der Waals surface area contributed by atoms with Gasteiger partial charge in [-0.05, 0) is 47.5 Å². The molecule has 0 saturated carbocycles. The van der Waals surface area contributed by atoms with E-state index in [0.29, 0.717) is 13.2 Å². The van der Waals surface area contributed by atoms with E-state index in [4.69, 9.17) is 4.43 Å². The van der Waals surface area contributed by atoms with Gasteiger partial charge in [0.25, 0.3) is 0 Å². The molecule has 0 amide bonds. The fraction of sp³-hybridized carbons (Fsp3) is 0.345. The number of benzene rings is 3. The first-order valence-electron chi connectivity index (χ1n) is 12.3. The molecule has 4 rings (SSSR count). The second kappa shape index (κ2) is 9.73. The number of fused-ring (bicyclic) bond motifs is 1. The fourth-order valence-corrected chi connectivity index (χ4v) is 5.49. The summed E-state index contributed by atoms with van der Waals surface area (Å²) in [5.41, 5.74) is 1.80. The number of hydrogen-bond acceptors (Lipinski definition) is 5. The van der Waals surface area contributed by atoms with E-state index in [9.17, 15) is 15.0 Å². The molecule has 190 valence electrons. The maximum Gasteiger partial charge on any atom is 0.335 e. The van der Waals surface area contributed by atoms with Crippen LogP contribution in [-0.4, -0.2) is 43.8 Å². The smallest absolute Gasteiger partial charge is 0.335 e. The molecule has 0 radical (unpaired) electrons. The molecule has 1 heterocycles. The Balaban J connectivity index is 1.78. The molecule has 0 saturated heterocycles. The van der Waals surface area contributed by atoms with Gasteiger partial charge in [0.05, 0.1) is 23.5 Å². The first-order valence-corrected chi connectivity index (χ1v) is 15.2. The minimum Gasteiger partial charge on any atom is -0.478 e. The van der Waals surface area contributed by atoms with Crippen molar-refractivity contribution in [1.29, 1.82) is 0 Å². The molecule has 1 atom stereocenters. The Kier molecular flexibility index (Phi) is 7.01. The normalized spacial score (nSPS) is 15.9. The third kappa shape index (κ3) is 4.78. The summed E-state index contributed by atoms with van der Waals surface area (Å²) in [7, 11) is -2.00. The maximum atomic E-state index is 12.5. The highest BCUT2D eigenvalue weighted by atomic mass is 28.4. The molecule has 3 aromatic rings. The largest absolute Gasteiger partial charge is 0.478 e. The second-order valence-corrected chi connectivity index (χ2v) is 15.7. The highest BCUT2D eigenvalue weighted by molar-refractivity contribution is 6.74. The summed E-state index contributed by atoms with van der Waals surface area (Å²) >= 11 is 0. The molecular weight excluding hydrogens is 468 g/mol. The molecule has 3 N–H and O–H groups in total. The SMILES string of the molecule is CC(C)(C)[Si](C)(C)OCCN1c2cc(C(=O)O)ccc2NC1C(O)(c1ccccc1)c1ccccc1. The van der Waals surface area contributed by atoms with Crippen LogP contribution < -0.4 is 10.2 Å². The van der Waals surface area contributed by atoms with Crippen molar-refractivity contribution in [2.24, 2.45) is 0 Å². The van der Waals surface area contributed by atoms with Gasteiger partial charge in [0.1, 0.15) is 6.17 Å². The fourth-order valence-electron chi connectivity index (χ4n) is 4.45. The Morgan fingerprint density at radius 1 is 0.972 bits per heavy atom. The Hall–Kier alpha value is -3.13. The van der Waals surface area contributed by atoms with Crippen LogP contribution in [0.3, 0.4) is 0 Å². The van der Waals surface area contributed by atoms with Crippen molar-refractivity contribution in [1.82, 2.24) is 0 Å². The first kappa shape index (κ1) is 25.9. The lowest BCUT2D eigenvalue weighted by molar-refractivity contribution is 0.0585. The second-order valence-electron chi connectivity index (χ2n) is 10.9. The van der Waals surface area contributed by atoms with Gasteiger partial charge in [-0.1, -0.05) is 81.4 Å². The molecule has 7 heteroatoms. The van der Waals surface area contributed by atoms with Crippen LogP contribution in [0.25, 0.3) is 0 Å². The maximum absolute atomic E-state index is 12.5. The molecule has 1 unspecified atom stereocenters. The summed E-state index contributed by atoms with van der Waals surface area (Å²) in [5.74, 6) is -0.986. The Bertz CT molecular complexity index is 1170. The van der Waals surface area contributed by atoms with Gasteiger partial charge in [-0.25, -0.2) is 4.79 Å². The summed E-state index contributed by atoms with van der Waals surface area (Å²) in [5, 5.41) is 25.7. The molecule has 0 aliphatic carbocycles. The Morgan fingerprint density at radius 3 is 2.03 bits per heavy atom. The predicted molar refractivity (Wildman–Crippen MR) is 147 cm³/mol. The molecular formula is C29H36N2O4Si. The van der Waals surface area contributed by atoms with Gasteiger partial charge < -0.3 is 24.9 Å². The van der Waals surface area contributed by atoms with E-state index >= 15 is 0 Å². The van der Waals surface area contributed by atoms with Gasteiger partial charge in [-0.15, -0.1) is 0 Å². The molecule has 3 aromatic carbocycles. The zero-order chi connectivity index (χ0) is 26.1. The quantitative estimate of drug-likeness (QED) is 0.331. The number of carbonyl (C=O) groups is 1. The van der Waals surface area contributed by atoms with Crippen molar-refractivity contribution < 1.29 is 19.4 Å². The Labute approximate surface area is 214 Å². The number of carboxylic acid groups (broad SMARTS) is 1. The number of nitrogens with zero attached hydrogens (tertiary/aromatic N) is 1. The zero-order valence-corrected chi connectivity index (χ0v) is 22.7. The molecule has 1 aliphatic heterocycles. The van der Waals surface area contributed by atoms with Crippen LogP contribution in [0.5, 0.6) is 0 Å². The van der Waals surface area contributed by atoms with Crippen molar-refractivity contribution in [3.63, 3.8) is 0 Å². The van der Waals surface area contributed by atoms with Crippen LogP contribution in [0.4, 0.5) is 11.4 Å². The monoisotopic (exact) mass is 504 g/mol.